The maximum Gasteiger partial charge on any atom is 0.324 e. The minimum absolute atomic E-state index is 0.177. The van der Waals surface area contributed by atoms with E-state index in [1.807, 2.05) is 0 Å². The minimum atomic E-state index is -0.252. The van der Waals surface area contributed by atoms with Gasteiger partial charge in [-0.2, -0.15) is 0 Å². The number of carbonyl (C=O) groups is 1. The first-order valence-corrected chi connectivity index (χ1v) is 7.68. The standard InChI is InChI=1S/C15H30N2O3/c1-5-8-16-14(15(18)20-4)11-17(9-10-19-3)12(2)13-6-7-13/h12-14,16H,5-11H2,1-4H3. The number of hydrogen-bond acceptors (Lipinski definition) is 5. The average Bonchev–Trinajstić information content (AvgIpc) is 3.29. The van der Waals surface area contributed by atoms with Crippen molar-refractivity contribution in [2.45, 2.75) is 45.2 Å². The number of rotatable bonds is 11. The first-order chi connectivity index (χ1) is 9.63. The molecule has 0 spiro atoms. The second kappa shape index (κ2) is 9.32. The number of methoxy groups -OCH3 is 2. The molecule has 2 unspecified atom stereocenters. The Morgan fingerprint density at radius 1 is 1.40 bits per heavy atom. The Morgan fingerprint density at radius 3 is 2.60 bits per heavy atom. The molecule has 0 aromatic rings. The predicted octanol–water partition coefficient (Wildman–Crippen LogP) is 1.27. The van der Waals surface area contributed by atoms with Gasteiger partial charge in [0.15, 0.2) is 0 Å². The average molecular weight is 286 g/mol. The van der Waals surface area contributed by atoms with Gasteiger partial charge in [-0.15, -0.1) is 0 Å². The first-order valence-electron chi connectivity index (χ1n) is 7.68. The third-order valence-corrected chi connectivity index (χ3v) is 4.01. The number of nitrogens with one attached hydrogen (secondary N) is 1. The highest BCUT2D eigenvalue weighted by molar-refractivity contribution is 5.75. The summed E-state index contributed by atoms with van der Waals surface area (Å²) in [5.74, 6) is 0.597. The highest BCUT2D eigenvalue weighted by Gasteiger charge is 2.33. The Bertz CT molecular complexity index is 282. The van der Waals surface area contributed by atoms with Gasteiger partial charge in [-0.25, -0.2) is 0 Å². The fraction of sp³-hybridized carbons (Fsp3) is 0.933. The van der Waals surface area contributed by atoms with Crippen molar-refractivity contribution in [1.29, 1.82) is 0 Å². The van der Waals surface area contributed by atoms with Crippen LogP contribution >= 0.6 is 0 Å². The first kappa shape index (κ1) is 17.4. The molecule has 1 rings (SSSR count). The summed E-state index contributed by atoms with van der Waals surface area (Å²) in [7, 11) is 3.17. The van der Waals surface area contributed by atoms with Crippen LogP contribution in [0.3, 0.4) is 0 Å². The maximum atomic E-state index is 11.9. The highest BCUT2D eigenvalue weighted by atomic mass is 16.5. The largest absolute Gasteiger partial charge is 0.468 e. The quantitative estimate of drug-likeness (QED) is 0.580. The molecule has 118 valence electrons. The molecule has 1 saturated carbocycles. The molecular weight excluding hydrogens is 256 g/mol. The van der Waals surface area contributed by atoms with Crippen LogP contribution in [0, 0.1) is 5.92 Å². The molecule has 5 heteroatoms. The zero-order valence-corrected chi connectivity index (χ0v) is 13.4. The van der Waals surface area contributed by atoms with Gasteiger partial charge in [0.25, 0.3) is 0 Å². The molecule has 5 nitrogen and oxygen atoms in total. The van der Waals surface area contributed by atoms with Crippen LogP contribution < -0.4 is 5.32 Å². The van der Waals surface area contributed by atoms with Crippen LogP contribution in [0.5, 0.6) is 0 Å². The van der Waals surface area contributed by atoms with E-state index in [0.29, 0.717) is 19.2 Å². The Balaban J connectivity index is 2.58. The lowest BCUT2D eigenvalue weighted by Crippen LogP contribution is -2.50. The number of nitrogens with zero attached hydrogens (tertiary/aromatic N) is 1. The number of hydrogen-bond donors (Lipinski definition) is 1. The van der Waals surface area contributed by atoms with Gasteiger partial charge in [-0.05, 0) is 38.6 Å². The summed E-state index contributed by atoms with van der Waals surface area (Å²) < 4.78 is 10.1. The van der Waals surface area contributed by atoms with Crippen LogP contribution in [0.2, 0.25) is 0 Å². The molecule has 0 radical (unpaired) electrons. The lowest BCUT2D eigenvalue weighted by Gasteiger charge is -2.32. The Morgan fingerprint density at radius 2 is 2.10 bits per heavy atom. The number of carbonyl (C=O) groups excluding carboxylic acids is 1. The summed E-state index contributed by atoms with van der Waals surface area (Å²) in [5.41, 5.74) is 0. The van der Waals surface area contributed by atoms with Crippen molar-refractivity contribution >= 4 is 5.97 Å². The molecule has 0 bridgehead atoms. The maximum absolute atomic E-state index is 11.9. The third kappa shape index (κ3) is 5.77. The van der Waals surface area contributed by atoms with Crippen molar-refractivity contribution in [3.63, 3.8) is 0 Å². The van der Waals surface area contributed by atoms with Crippen LogP contribution in [0.4, 0.5) is 0 Å². The Hall–Kier alpha value is -0.650. The van der Waals surface area contributed by atoms with Crippen molar-refractivity contribution in [3.8, 4) is 0 Å². The lowest BCUT2D eigenvalue weighted by atomic mass is 10.1. The monoisotopic (exact) mass is 286 g/mol. The van der Waals surface area contributed by atoms with Gasteiger partial charge >= 0.3 is 5.97 Å². The van der Waals surface area contributed by atoms with E-state index in [4.69, 9.17) is 9.47 Å². The molecule has 1 aliphatic rings. The molecule has 1 fully saturated rings. The molecule has 1 aliphatic carbocycles. The van der Waals surface area contributed by atoms with Crippen molar-refractivity contribution in [2.24, 2.45) is 5.92 Å². The van der Waals surface area contributed by atoms with Gasteiger partial charge in [-0.3, -0.25) is 9.69 Å². The fourth-order valence-corrected chi connectivity index (χ4v) is 2.46. The van der Waals surface area contributed by atoms with Gasteiger partial charge in [-0.1, -0.05) is 6.92 Å². The summed E-state index contributed by atoms with van der Waals surface area (Å²) in [6.45, 7) is 7.41. The predicted molar refractivity (Wildman–Crippen MR) is 79.7 cm³/mol. The molecule has 0 aromatic carbocycles. The summed E-state index contributed by atoms with van der Waals surface area (Å²) in [6, 6.07) is 0.249. The molecule has 2 atom stereocenters. The molecule has 0 aliphatic heterocycles. The van der Waals surface area contributed by atoms with E-state index in [1.54, 1.807) is 7.11 Å². The number of ether oxygens (including phenoxy) is 2. The minimum Gasteiger partial charge on any atom is -0.468 e. The SMILES string of the molecule is CCCNC(CN(CCOC)C(C)C1CC1)C(=O)OC. The summed E-state index contributed by atoms with van der Waals surface area (Å²) >= 11 is 0. The second-order valence-corrected chi connectivity index (χ2v) is 5.60. The van der Waals surface area contributed by atoms with Gasteiger partial charge in [0.05, 0.1) is 13.7 Å². The Kier molecular flexibility index (Phi) is 8.11. The molecule has 1 N–H and O–H groups in total. The van der Waals surface area contributed by atoms with E-state index in [1.165, 1.54) is 20.0 Å². The van der Waals surface area contributed by atoms with Crippen molar-refractivity contribution < 1.29 is 14.3 Å². The zero-order chi connectivity index (χ0) is 15.0. The van der Waals surface area contributed by atoms with Gasteiger partial charge in [0, 0.05) is 26.2 Å². The second-order valence-electron chi connectivity index (χ2n) is 5.60. The molecule has 0 amide bonds. The van der Waals surface area contributed by atoms with E-state index in [0.717, 1.165) is 25.4 Å². The Labute approximate surface area is 123 Å². The zero-order valence-electron chi connectivity index (χ0n) is 13.4. The van der Waals surface area contributed by atoms with Crippen molar-refractivity contribution in [2.75, 3.05) is 40.5 Å². The molecule has 0 aromatic heterocycles. The van der Waals surface area contributed by atoms with Crippen LogP contribution in [-0.2, 0) is 14.3 Å². The smallest absolute Gasteiger partial charge is 0.324 e. The van der Waals surface area contributed by atoms with Crippen LogP contribution in [0.1, 0.15) is 33.1 Å². The lowest BCUT2D eigenvalue weighted by molar-refractivity contribution is -0.143. The number of esters is 1. The molecule has 20 heavy (non-hydrogen) atoms. The summed E-state index contributed by atoms with van der Waals surface area (Å²) in [5, 5.41) is 3.28. The molecule has 0 saturated heterocycles. The van der Waals surface area contributed by atoms with E-state index in [-0.39, 0.29) is 12.0 Å². The summed E-state index contributed by atoms with van der Waals surface area (Å²) in [4.78, 5) is 14.2. The topological polar surface area (TPSA) is 50.8 Å². The van der Waals surface area contributed by atoms with Gasteiger partial charge < -0.3 is 14.8 Å². The fourth-order valence-electron chi connectivity index (χ4n) is 2.46. The highest BCUT2D eigenvalue weighted by Crippen LogP contribution is 2.35. The van der Waals surface area contributed by atoms with E-state index < -0.39 is 0 Å². The van der Waals surface area contributed by atoms with E-state index in [2.05, 4.69) is 24.1 Å². The third-order valence-electron chi connectivity index (χ3n) is 4.01. The van der Waals surface area contributed by atoms with Crippen molar-refractivity contribution in [3.05, 3.63) is 0 Å². The normalized spacial score (nSPS) is 18.1. The van der Waals surface area contributed by atoms with Crippen LogP contribution in [0.15, 0.2) is 0 Å². The van der Waals surface area contributed by atoms with E-state index in [9.17, 15) is 4.79 Å². The molecule has 0 heterocycles. The molecular formula is C15H30N2O3. The van der Waals surface area contributed by atoms with E-state index >= 15 is 0 Å². The van der Waals surface area contributed by atoms with Gasteiger partial charge in [0.1, 0.15) is 6.04 Å². The van der Waals surface area contributed by atoms with Crippen molar-refractivity contribution in [1.82, 2.24) is 10.2 Å². The summed E-state index contributed by atoms with van der Waals surface area (Å²) in [6.07, 6.45) is 3.61. The van der Waals surface area contributed by atoms with Crippen LogP contribution in [-0.4, -0.2) is 63.4 Å². The van der Waals surface area contributed by atoms with Crippen LogP contribution in [0.25, 0.3) is 0 Å². The van der Waals surface area contributed by atoms with Gasteiger partial charge in [0.2, 0.25) is 0 Å².